The molecule has 1 heterocycles. The molecule has 3 N–H and O–H groups in total. The summed E-state index contributed by atoms with van der Waals surface area (Å²) in [6.07, 6.45) is 1.75. The van der Waals surface area contributed by atoms with Gasteiger partial charge in [0.05, 0.1) is 13.2 Å². The molecule has 0 unspecified atom stereocenters. The summed E-state index contributed by atoms with van der Waals surface area (Å²) in [6, 6.07) is 1.53. The third-order valence-corrected chi connectivity index (χ3v) is 1.91. The van der Waals surface area contributed by atoms with E-state index in [1.165, 1.54) is 16.8 Å². The summed E-state index contributed by atoms with van der Waals surface area (Å²) in [4.78, 5) is 15.0. The predicted molar refractivity (Wildman–Crippen MR) is 55.3 cm³/mol. The lowest BCUT2D eigenvalue weighted by molar-refractivity contribution is -0.0198. The number of aliphatic hydroxyl groups is 1. The number of rotatable bonds is 5. The molecule has 0 spiro atoms. The molecular weight excluding hydrogens is 198 g/mol. The fraction of sp³-hybridized carbons (Fsp3) is 0.556. The molecule has 0 aliphatic heterocycles. The molecule has 6 nitrogen and oxygen atoms in total. The molecule has 0 aliphatic rings. The van der Waals surface area contributed by atoms with Gasteiger partial charge >= 0.3 is 5.69 Å². The van der Waals surface area contributed by atoms with Crippen LogP contribution in [0, 0.1) is 0 Å². The van der Waals surface area contributed by atoms with Gasteiger partial charge in [0.2, 0.25) is 0 Å². The van der Waals surface area contributed by atoms with E-state index in [2.05, 4.69) is 4.98 Å². The largest absolute Gasteiger partial charge is 0.394 e. The smallest absolute Gasteiger partial charge is 0.351 e. The molecule has 0 saturated carbocycles. The van der Waals surface area contributed by atoms with Gasteiger partial charge in [-0.2, -0.15) is 4.98 Å². The van der Waals surface area contributed by atoms with Crippen molar-refractivity contribution in [2.24, 2.45) is 0 Å². The number of hydrogen-bond acceptors (Lipinski definition) is 5. The molecular formula is C9H15N3O3. The Kier molecular flexibility index (Phi) is 4.26. The van der Waals surface area contributed by atoms with E-state index in [1.807, 2.05) is 6.92 Å². The number of ether oxygens (including phenoxy) is 1. The summed E-state index contributed by atoms with van der Waals surface area (Å²) in [5.41, 5.74) is 4.92. The van der Waals surface area contributed by atoms with Crippen LogP contribution in [0.1, 0.15) is 19.6 Å². The van der Waals surface area contributed by atoms with Crippen molar-refractivity contribution in [3.05, 3.63) is 22.7 Å². The molecule has 15 heavy (non-hydrogen) atoms. The Balaban J connectivity index is 2.87. The van der Waals surface area contributed by atoms with E-state index in [4.69, 9.17) is 15.6 Å². The number of nitrogens with zero attached hydrogens (tertiary/aromatic N) is 2. The highest BCUT2D eigenvalue weighted by molar-refractivity contribution is 5.23. The fourth-order valence-corrected chi connectivity index (χ4v) is 1.23. The number of nitrogens with two attached hydrogens (primary N) is 1. The fourth-order valence-electron chi connectivity index (χ4n) is 1.23. The van der Waals surface area contributed by atoms with Crippen molar-refractivity contribution in [1.82, 2.24) is 9.55 Å². The number of aliphatic hydroxyl groups excluding tert-OH is 1. The molecule has 0 radical (unpaired) electrons. The number of aromatic nitrogens is 2. The lowest BCUT2D eigenvalue weighted by Gasteiger charge is -2.17. The van der Waals surface area contributed by atoms with Crippen molar-refractivity contribution < 1.29 is 9.84 Å². The molecule has 1 atom stereocenters. The van der Waals surface area contributed by atoms with Gasteiger partial charge in [-0.15, -0.1) is 0 Å². The number of anilines is 1. The highest BCUT2D eigenvalue weighted by Gasteiger charge is 2.10. The normalized spacial score (nSPS) is 12.7. The zero-order valence-corrected chi connectivity index (χ0v) is 8.59. The van der Waals surface area contributed by atoms with E-state index in [-0.39, 0.29) is 19.0 Å². The Morgan fingerprint density at radius 3 is 3.00 bits per heavy atom. The molecule has 1 aromatic rings. The molecule has 0 fully saturated rings. The standard InChI is InChI=1S/C9H15N3O3/c1-2-8(15-6-5-13)12-4-3-7(10)11-9(12)14/h3-4,8,13H,2,5-6H2,1H3,(H2,10,11,14)/t8-/m1/s1. The van der Waals surface area contributed by atoms with Crippen LogP contribution in [-0.2, 0) is 4.74 Å². The molecule has 6 heteroatoms. The van der Waals surface area contributed by atoms with Crippen LogP contribution >= 0.6 is 0 Å². The molecule has 1 rings (SSSR count). The van der Waals surface area contributed by atoms with E-state index >= 15 is 0 Å². The summed E-state index contributed by atoms with van der Waals surface area (Å²) >= 11 is 0. The van der Waals surface area contributed by atoms with Crippen molar-refractivity contribution in [2.45, 2.75) is 19.6 Å². The van der Waals surface area contributed by atoms with Crippen molar-refractivity contribution in [2.75, 3.05) is 18.9 Å². The first-order valence-electron chi connectivity index (χ1n) is 4.76. The van der Waals surface area contributed by atoms with E-state index in [1.54, 1.807) is 0 Å². The molecule has 0 amide bonds. The van der Waals surface area contributed by atoms with Crippen LogP contribution in [0.25, 0.3) is 0 Å². The average molecular weight is 213 g/mol. The van der Waals surface area contributed by atoms with Crippen LogP contribution in [0.5, 0.6) is 0 Å². The minimum atomic E-state index is -0.445. The SMILES string of the molecule is CC[C@@H](OCCO)n1ccc(N)nc1=O. The molecule has 84 valence electrons. The van der Waals surface area contributed by atoms with Gasteiger partial charge in [0.1, 0.15) is 12.0 Å². The van der Waals surface area contributed by atoms with Gasteiger partial charge in [0.15, 0.2) is 0 Å². The van der Waals surface area contributed by atoms with Gasteiger partial charge in [-0.1, -0.05) is 6.92 Å². The quantitative estimate of drug-likeness (QED) is 0.703. The summed E-state index contributed by atoms with van der Waals surface area (Å²) in [7, 11) is 0. The third kappa shape index (κ3) is 3.03. The van der Waals surface area contributed by atoms with E-state index in [0.717, 1.165) is 0 Å². The van der Waals surface area contributed by atoms with Crippen LogP contribution in [0.15, 0.2) is 17.1 Å². The van der Waals surface area contributed by atoms with Crippen LogP contribution in [0.4, 0.5) is 5.82 Å². The second kappa shape index (κ2) is 5.47. The predicted octanol–water partition coefficient (Wildman–Crippen LogP) is -0.257. The summed E-state index contributed by atoms with van der Waals surface area (Å²) in [6.45, 7) is 1.99. The van der Waals surface area contributed by atoms with Crippen molar-refractivity contribution in [1.29, 1.82) is 0 Å². The van der Waals surface area contributed by atoms with Crippen LogP contribution in [-0.4, -0.2) is 27.9 Å². The Labute approximate surface area is 87.3 Å². The third-order valence-electron chi connectivity index (χ3n) is 1.91. The maximum absolute atomic E-state index is 11.4. The number of nitrogen functional groups attached to an aromatic ring is 1. The maximum atomic E-state index is 11.4. The van der Waals surface area contributed by atoms with Gasteiger partial charge in [-0.25, -0.2) is 4.79 Å². The van der Waals surface area contributed by atoms with Crippen molar-refractivity contribution >= 4 is 5.82 Å². The molecule has 0 aromatic carbocycles. The summed E-state index contributed by atoms with van der Waals surface area (Å²) < 4.78 is 6.63. The second-order valence-corrected chi connectivity index (χ2v) is 3.00. The van der Waals surface area contributed by atoms with Gasteiger partial charge in [-0.3, -0.25) is 4.57 Å². The zero-order valence-electron chi connectivity index (χ0n) is 8.59. The highest BCUT2D eigenvalue weighted by atomic mass is 16.5. The van der Waals surface area contributed by atoms with E-state index in [0.29, 0.717) is 6.42 Å². The van der Waals surface area contributed by atoms with Gasteiger partial charge < -0.3 is 15.6 Å². The van der Waals surface area contributed by atoms with Crippen LogP contribution in [0.2, 0.25) is 0 Å². The molecule has 0 bridgehead atoms. The lowest BCUT2D eigenvalue weighted by atomic mass is 10.4. The molecule has 1 aromatic heterocycles. The topological polar surface area (TPSA) is 90.4 Å². The average Bonchev–Trinajstić information content (AvgIpc) is 2.21. The Hall–Kier alpha value is -1.40. The first-order chi connectivity index (χ1) is 7.19. The zero-order chi connectivity index (χ0) is 11.3. The Morgan fingerprint density at radius 1 is 1.73 bits per heavy atom. The summed E-state index contributed by atoms with van der Waals surface area (Å²) in [5, 5.41) is 8.62. The van der Waals surface area contributed by atoms with Crippen molar-refractivity contribution in [3.63, 3.8) is 0 Å². The minimum absolute atomic E-state index is 0.0757. The van der Waals surface area contributed by atoms with Crippen molar-refractivity contribution in [3.8, 4) is 0 Å². The number of hydrogen-bond donors (Lipinski definition) is 2. The second-order valence-electron chi connectivity index (χ2n) is 3.00. The Bertz CT molecular complexity index is 364. The first kappa shape index (κ1) is 11.7. The Morgan fingerprint density at radius 2 is 2.47 bits per heavy atom. The van der Waals surface area contributed by atoms with Gasteiger partial charge in [0, 0.05) is 6.20 Å². The van der Waals surface area contributed by atoms with Crippen LogP contribution < -0.4 is 11.4 Å². The molecule has 0 aliphatic carbocycles. The minimum Gasteiger partial charge on any atom is -0.394 e. The van der Waals surface area contributed by atoms with E-state index < -0.39 is 11.9 Å². The molecule has 0 saturated heterocycles. The summed E-state index contributed by atoms with van der Waals surface area (Å²) in [5.74, 6) is 0.188. The van der Waals surface area contributed by atoms with E-state index in [9.17, 15) is 4.79 Å². The maximum Gasteiger partial charge on any atom is 0.351 e. The lowest BCUT2D eigenvalue weighted by Crippen LogP contribution is -2.28. The first-order valence-corrected chi connectivity index (χ1v) is 4.76. The monoisotopic (exact) mass is 213 g/mol. The van der Waals surface area contributed by atoms with Gasteiger partial charge in [-0.05, 0) is 12.5 Å². The van der Waals surface area contributed by atoms with Gasteiger partial charge in [0.25, 0.3) is 0 Å². The highest BCUT2D eigenvalue weighted by Crippen LogP contribution is 2.09. The van der Waals surface area contributed by atoms with Crippen LogP contribution in [0.3, 0.4) is 0 Å².